The molecule has 0 bridgehead atoms. The average Bonchev–Trinajstić information content (AvgIpc) is 2.74. The summed E-state index contributed by atoms with van der Waals surface area (Å²) in [6.45, 7) is 3.52. The molecule has 0 saturated heterocycles. The number of hydrogen-bond donors (Lipinski definition) is 3. The Morgan fingerprint density at radius 1 is 1.53 bits per heavy atom. The Morgan fingerprint density at radius 3 is 2.71 bits per heavy atom. The molecule has 17 heavy (non-hydrogen) atoms. The lowest BCUT2D eigenvalue weighted by Gasteiger charge is -2.17. The second-order valence-electron chi connectivity index (χ2n) is 4.23. The molecule has 0 saturated carbocycles. The SMILES string of the molecule is CC(C)[C@@H](NC(=O)CCc1cn[nH]c1)C(=O)O. The summed E-state index contributed by atoms with van der Waals surface area (Å²) >= 11 is 0. The summed E-state index contributed by atoms with van der Waals surface area (Å²) in [6.07, 6.45) is 4.16. The largest absolute Gasteiger partial charge is 0.480 e. The summed E-state index contributed by atoms with van der Waals surface area (Å²) in [5.41, 5.74) is 0.927. The second kappa shape index (κ2) is 6.03. The molecule has 1 aromatic heterocycles. The maximum Gasteiger partial charge on any atom is 0.326 e. The van der Waals surface area contributed by atoms with E-state index in [-0.39, 0.29) is 18.2 Å². The zero-order chi connectivity index (χ0) is 12.8. The molecule has 1 rings (SSSR count). The lowest BCUT2D eigenvalue weighted by Crippen LogP contribution is -2.44. The molecule has 94 valence electrons. The van der Waals surface area contributed by atoms with E-state index in [0.717, 1.165) is 5.56 Å². The Morgan fingerprint density at radius 2 is 2.24 bits per heavy atom. The zero-order valence-corrected chi connectivity index (χ0v) is 9.93. The first kappa shape index (κ1) is 13.2. The van der Waals surface area contributed by atoms with Crippen molar-refractivity contribution in [1.82, 2.24) is 15.5 Å². The molecule has 1 atom stereocenters. The molecule has 1 heterocycles. The number of carboxylic acids is 1. The highest BCUT2D eigenvalue weighted by atomic mass is 16.4. The number of hydrogen-bond acceptors (Lipinski definition) is 3. The third kappa shape index (κ3) is 4.26. The van der Waals surface area contributed by atoms with Crippen molar-refractivity contribution in [1.29, 1.82) is 0 Å². The molecule has 0 aromatic carbocycles. The van der Waals surface area contributed by atoms with E-state index in [1.165, 1.54) is 0 Å². The van der Waals surface area contributed by atoms with Gasteiger partial charge in [-0.25, -0.2) is 4.79 Å². The topological polar surface area (TPSA) is 95.1 Å². The van der Waals surface area contributed by atoms with Gasteiger partial charge in [-0.15, -0.1) is 0 Å². The summed E-state index contributed by atoms with van der Waals surface area (Å²) in [7, 11) is 0. The molecular formula is C11H17N3O3. The number of aryl methyl sites for hydroxylation is 1. The van der Waals surface area contributed by atoms with Crippen LogP contribution in [0.5, 0.6) is 0 Å². The van der Waals surface area contributed by atoms with Gasteiger partial charge < -0.3 is 10.4 Å². The van der Waals surface area contributed by atoms with Crippen molar-refractivity contribution in [2.45, 2.75) is 32.7 Å². The predicted octanol–water partition coefficient (Wildman–Crippen LogP) is 0.568. The highest BCUT2D eigenvalue weighted by Gasteiger charge is 2.22. The van der Waals surface area contributed by atoms with Gasteiger partial charge in [-0.05, 0) is 17.9 Å². The Hall–Kier alpha value is -1.85. The van der Waals surface area contributed by atoms with Crippen LogP contribution in [0, 0.1) is 5.92 Å². The van der Waals surface area contributed by atoms with Crippen LogP contribution in [0.25, 0.3) is 0 Å². The van der Waals surface area contributed by atoms with Crippen molar-refractivity contribution in [3.05, 3.63) is 18.0 Å². The maximum atomic E-state index is 11.6. The first-order valence-corrected chi connectivity index (χ1v) is 5.50. The Kier molecular flexibility index (Phi) is 4.68. The smallest absolute Gasteiger partial charge is 0.326 e. The van der Waals surface area contributed by atoms with Gasteiger partial charge in [0.15, 0.2) is 0 Å². The number of carbonyl (C=O) groups is 2. The molecule has 0 aliphatic carbocycles. The molecule has 0 aliphatic heterocycles. The van der Waals surface area contributed by atoms with Crippen LogP contribution < -0.4 is 5.32 Å². The lowest BCUT2D eigenvalue weighted by atomic mass is 10.0. The first-order valence-electron chi connectivity index (χ1n) is 5.50. The number of aliphatic carboxylic acids is 1. The van der Waals surface area contributed by atoms with Gasteiger partial charge in [-0.2, -0.15) is 5.10 Å². The molecule has 1 aromatic rings. The van der Waals surface area contributed by atoms with Crippen molar-refractivity contribution in [3.8, 4) is 0 Å². The van der Waals surface area contributed by atoms with Gasteiger partial charge in [0, 0.05) is 12.6 Å². The van der Waals surface area contributed by atoms with E-state index < -0.39 is 12.0 Å². The quantitative estimate of drug-likeness (QED) is 0.676. The second-order valence-corrected chi connectivity index (χ2v) is 4.23. The van der Waals surface area contributed by atoms with Gasteiger partial charge in [0.25, 0.3) is 0 Å². The fourth-order valence-electron chi connectivity index (χ4n) is 1.43. The highest BCUT2D eigenvalue weighted by molar-refractivity contribution is 5.83. The van der Waals surface area contributed by atoms with Gasteiger partial charge in [-0.1, -0.05) is 13.8 Å². The van der Waals surface area contributed by atoms with Crippen LogP contribution in [0.15, 0.2) is 12.4 Å². The monoisotopic (exact) mass is 239 g/mol. The van der Waals surface area contributed by atoms with Gasteiger partial charge in [0.2, 0.25) is 5.91 Å². The molecule has 6 heteroatoms. The number of carboxylic acid groups (broad SMARTS) is 1. The molecule has 3 N–H and O–H groups in total. The van der Waals surface area contributed by atoms with Crippen LogP contribution in [-0.4, -0.2) is 33.2 Å². The number of nitrogens with zero attached hydrogens (tertiary/aromatic N) is 1. The lowest BCUT2D eigenvalue weighted by molar-refractivity contribution is -0.143. The number of amides is 1. The van der Waals surface area contributed by atoms with E-state index >= 15 is 0 Å². The Bertz CT molecular complexity index is 373. The van der Waals surface area contributed by atoms with Crippen molar-refractivity contribution >= 4 is 11.9 Å². The standard InChI is InChI=1S/C11H17N3O3/c1-7(2)10(11(16)17)14-9(15)4-3-8-5-12-13-6-8/h5-7,10H,3-4H2,1-2H3,(H,12,13)(H,14,15)(H,16,17)/t10-/m1/s1. The van der Waals surface area contributed by atoms with Gasteiger partial charge in [-0.3, -0.25) is 9.89 Å². The van der Waals surface area contributed by atoms with Gasteiger partial charge in [0.1, 0.15) is 6.04 Å². The fraction of sp³-hybridized carbons (Fsp3) is 0.545. The fourth-order valence-corrected chi connectivity index (χ4v) is 1.43. The molecular weight excluding hydrogens is 222 g/mol. The minimum Gasteiger partial charge on any atom is -0.480 e. The van der Waals surface area contributed by atoms with Crippen LogP contribution in [-0.2, 0) is 16.0 Å². The molecule has 1 amide bonds. The zero-order valence-electron chi connectivity index (χ0n) is 9.93. The van der Waals surface area contributed by atoms with Crippen molar-refractivity contribution in [2.24, 2.45) is 5.92 Å². The summed E-state index contributed by atoms with van der Waals surface area (Å²) in [6, 6.07) is -0.827. The van der Waals surface area contributed by atoms with Crippen molar-refractivity contribution < 1.29 is 14.7 Å². The number of H-pyrrole nitrogens is 1. The number of carbonyl (C=O) groups excluding carboxylic acids is 1. The molecule has 6 nitrogen and oxygen atoms in total. The van der Waals surface area contributed by atoms with E-state index in [2.05, 4.69) is 15.5 Å². The third-order valence-electron chi connectivity index (χ3n) is 2.44. The van der Waals surface area contributed by atoms with Crippen LogP contribution in [0.2, 0.25) is 0 Å². The summed E-state index contributed by atoms with van der Waals surface area (Å²) < 4.78 is 0. The van der Waals surface area contributed by atoms with Crippen molar-refractivity contribution in [2.75, 3.05) is 0 Å². The predicted molar refractivity (Wildman–Crippen MR) is 61.3 cm³/mol. The Balaban J connectivity index is 2.40. The van der Waals surface area contributed by atoms with Crippen LogP contribution in [0.3, 0.4) is 0 Å². The number of rotatable bonds is 6. The number of aromatic nitrogens is 2. The van der Waals surface area contributed by atoms with Gasteiger partial charge >= 0.3 is 5.97 Å². The molecule has 0 fully saturated rings. The molecule has 0 unspecified atom stereocenters. The van der Waals surface area contributed by atoms with Crippen LogP contribution >= 0.6 is 0 Å². The van der Waals surface area contributed by atoms with Gasteiger partial charge in [0.05, 0.1) is 6.20 Å². The summed E-state index contributed by atoms with van der Waals surface area (Å²) in [4.78, 5) is 22.4. The minimum atomic E-state index is -1.00. The van der Waals surface area contributed by atoms with Crippen molar-refractivity contribution in [3.63, 3.8) is 0 Å². The third-order valence-corrected chi connectivity index (χ3v) is 2.44. The highest BCUT2D eigenvalue weighted by Crippen LogP contribution is 2.04. The van der Waals surface area contributed by atoms with E-state index in [0.29, 0.717) is 6.42 Å². The summed E-state index contributed by atoms with van der Waals surface area (Å²) in [5.74, 6) is -1.39. The molecule has 0 radical (unpaired) electrons. The normalized spacial score (nSPS) is 12.4. The maximum absolute atomic E-state index is 11.6. The van der Waals surface area contributed by atoms with Crippen LogP contribution in [0.4, 0.5) is 0 Å². The summed E-state index contributed by atoms with van der Waals surface area (Å²) in [5, 5.41) is 17.8. The number of nitrogens with one attached hydrogen (secondary N) is 2. The molecule has 0 aliphatic rings. The molecule has 0 spiro atoms. The Labute approximate surface area is 99.4 Å². The number of aromatic amines is 1. The van der Waals surface area contributed by atoms with Crippen LogP contribution in [0.1, 0.15) is 25.8 Å². The minimum absolute atomic E-state index is 0.134. The average molecular weight is 239 g/mol. The van der Waals surface area contributed by atoms with E-state index in [1.54, 1.807) is 26.2 Å². The first-order chi connectivity index (χ1) is 8.00. The van der Waals surface area contributed by atoms with E-state index in [1.807, 2.05) is 0 Å². The van der Waals surface area contributed by atoms with E-state index in [9.17, 15) is 9.59 Å². The van der Waals surface area contributed by atoms with E-state index in [4.69, 9.17) is 5.11 Å².